The van der Waals surface area contributed by atoms with Crippen LogP contribution in [-0.2, 0) is 0 Å². The van der Waals surface area contributed by atoms with Gasteiger partial charge in [-0.1, -0.05) is 17.7 Å². The number of pyridine rings is 1. The summed E-state index contributed by atoms with van der Waals surface area (Å²) in [5.41, 5.74) is 1.51. The molecule has 0 aliphatic carbocycles. The van der Waals surface area contributed by atoms with Gasteiger partial charge in [0.1, 0.15) is 5.82 Å². The van der Waals surface area contributed by atoms with Gasteiger partial charge in [-0.25, -0.2) is 4.98 Å². The highest BCUT2D eigenvalue weighted by molar-refractivity contribution is 6.31. The molecule has 1 heterocycles. The van der Waals surface area contributed by atoms with E-state index in [0.717, 1.165) is 36.0 Å². The molecule has 4 heteroatoms. The Morgan fingerprint density at radius 2 is 2.05 bits per heavy atom. The van der Waals surface area contributed by atoms with Crippen LogP contribution in [0.15, 0.2) is 24.3 Å². The Labute approximate surface area is 137 Å². The maximum atomic E-state index is 9.76. The first-order valence-corrected chi connectivity index (χ1v) is 8.18. The van der Waals surface area contributed by atoms with Crippen molar-refractivity contribution < 1.29 is 5.11 Å². The van der Waals surface area contributed by atoms with E-state index in [2.05, 4.69) is 30.2 Å². The molecule has 2 rings (SSSR count). The number of halogens is 1. The number of aliphatic hydroxyl groups is 1. The monoisotopic (exact) mass is 320 g/mol. The van der Waals surface area contributed by atoms with Crippen molar-refractivity contribution in [2.75, 3.05) is 5.32 Å². The average molecular weight is 321 g/mol. The van der Waals surface area contributed by atoms with Crippen molar-refractivity contribution >= 4 is 28.3 Å². The molecule has 22 heavy (non-hydrogen) atoms. The maximum Gasteiger partial charge on any atom is 0.127 e. The minimum absolute atomic E-state index is 0.311. The van der Waals surface area contributed by atoms with Crippen LogP contribution in [0.1, 0.15) is 45.6 Å². The molecule has 3 nitrogen and oxygen atoms in total. The molecule has 1 atom stereocenters. The molecule has 0 aliphatic heterocycles. The summed E-state index contributed by atoms with van der Waals surface area (Å²) in [6, 6.07) is 8.18. The van der Waals surface area contributed by atoms with Crippen LogP contribution < -0.4 is 5.32 Å². The second-order valence-corrected chi connectivity index (χ2v) is 7.17. The number of anilines is 1. The Bertz CT molecular complexity index is 649. The van der Waals surface area contributed by atoms with Crippen LogP contribution in [0.5, 0.6) is 0 Å². The minimum atomic E-state index is -0.589. The summed E-state index contributed by atoms with van der Waals surface area (Å²) >= 11 is 6.06. The number of aromatic nitrogens is 1. The van der Waals surface area contributed by atoms with Crippen LogP contribution in [-0.4, -0.2) is 21.7 Å². The number of aryl methyl sites for hydroxylation is 1. The van der Waals surface area contributed by atoms with Gasteiger partial charge in [0.25, 0.3) is 0 Å². The number of hydrogen-bond acceptors (Lipinski definition) is 3. The number of benzene rings is 1. The first-order valence-electron chi connectivity index (χ1n) is 7.80. The smallest absolute Gasteiger partial charge is 0.127 e. The molecule has 0 fully saturated rings. The fourth-order valence-corrected chi connectivity index (χ4v) is 2.78. The second kappa shape index (κ2) is 6.84. The largest absolute Gasteiger partial charge is 0.390 e. The topological polar surface area (TPSA) is 45.1 Å². The summed E-state index contributed by atoms with van der Waals surface area (Å²) in [7, 11) is 0. The second-order valence-electron chi connectivity index (χ2n) is 6.74. The van der Waals surface area contributed by atoms with Crippen molar-refractivity contribution in [2.24, 2.45) is 0 Å². The molecule has 0 bridgehead atoms. The predicted octanol–water partition coefficient (Wildman–Crippen LogP) is 4.94. The summed E-state index contributed by atoms with van der Waals surface area (Å²) in [6.45, 7) is 7.93. The number of fused-ring (bicyclic) bond motifs is 1. The van der Waals surface area contributed by atoms with Crippen LogP contribution in [0.2, 0.25) is 5.02 Å². The van der Waals surface area contributed by atoms with Gasteiger partial charge >= 0.3 is 0 Å². The molecule has 0 spiro atoms. The van der Waals surface area contributed by atoms with E-state index in [0.29, 0.717) is 11.1 Å². The zero-order chi connectivity index (χ0) is 16.3. The fourth-order valence-electron chi connectivity index (χ4n) is 2.62. The first kappa shape index (κ1) is 17.0. The van der Waals surface area contributed by atoms with Gasteiger partial charge < -0.3 is 10.4 Å². The van der Waals surface area contributed by atoms with Crippen molar-refractivity contribution in [1.82, 2.24) is 4.98 Å². The first-order chi connectivity index (χ1) is 10.2. The molecule has 0 amide bonds. The number of nitrogens with zero attached hydrogens (tertiary/aromatic N) is 1. The molecule has 2 aromatic rings. The number of hydrogen-bond donors (Lipinski definition) is 2. The van der Waals surface area contributed by atoms with E-state index < -0.39 is 5.60 Å². The van der Waals surface area contributed by atoms with Gasteiger partial charge in [-0.15, -0.1) is 0 Å². The van der Waals surface area contributed by atoms with E-state index in [4.69, 9.17) is 11.6 Å². The van der Waals surface area contributed by atoms with E-state index in [1.165, 1.54) is 5.56 Å². The Morgan fingerprint density at radius 1 is 1.32 bits per heavy atom. The number of rotatable bonds is 6. The number of nitrogens with one attached hydrogen (secondary N) is 1. The van der Waals surface area contributed by atoms with E-state index in [1.54, 1.807) is 0 Å². The van der Waals surface area contributed by atoms with Crippen molar-refractivity contribution in [2.45, 2.75) is 58.6 Å². The third kappa shape index (κ3) is 4.85. The molecular weight excluding hydrogens is 296 g/mol. The molecule has 120 valence electrons. The van der Waals surface area contributed by atoms with Crippen LogP contribution in [0.3, 0.4) is 0 Å². The van der Waals surface area contributed by atoms with Crippen LogP contribution in [0, 0.1) is 6.92 Å². The highest BCUT2D eigenvalue weighted by Crippen LogP contribution is 2.24. The van der Waals surface area contributed by atoms with Crippen LogP contribution >= 0.6 is 11.6 Å². The average Bonchev–Trinajstić information content (AvgIpc) is 2.36. The molecular formula is C18H25ClN2O. The third-order valence-electron chi connectivity index (χ3n) is 3.80. The van der Waals surface area contributed by atoms with E-state index in [9.17, 15) is 5.11 Å². The highest BCUT2D eigenvalue weighted by Gasteiger charge is 2.13. The molecule has 1 aromatic heterocycles. The summed E-state index contributed by atoms with van der Waals surface area (Å²) in [5, 5.41) is 15.0. The lowest BCUT2D eigenvalue weighted by molar-refractivity contribution is 0.0680. The standard InChI is InChI=1S/C18H25ClN2O/c1-12-10-17(20-13(2)6-5-9-18(3,4)22)21-16-11-14(19)7-8-15(12)16/h7-8,10-11,13,22H,5-6,9H2,1-4H3,(H,20,21)/t13-/m1/s1. The Balaban J connectivity index is 2.05. The summed E-state index contributed by atoms with van der Waals surface area (Å²) in [4.78, 5) is 4.65. The highest BCUT2D eigenvalue weighted by atomic mass is 35.5. The van der Waals surface area contributed by atoms with Gasteiger partial charge in [-0.3, -0.25) is 0 Å². The third-order valence-corrected chi connectivity index (χ3v) is 4.03. The lowest BCUT2D eigenvalue weighted by atomic mass is 10.00. The summed E-state index contributed by atoms with van der Waals surface area (Å²) in [6.07, 6.45) is 2.78. The van der Waals surface area contributed by atoms with E-state index in [-0.39, 0.29) is 0 Å². The van der Waals surface area contributed by atoms with Gasteiger partial charge in [0.05, 0.1) is 11.1 Å². The van der Waals surface area contributed by atoms with Gasteiger partial charge in [-0.05, 0) is 70.7 Å². The van der Waals surface area contributed by atoms with Gasteiger partial charge in [0.2, 0.25) is 0 Å². The molecule has 0 unspecified atom stereocenters. The normalized spacial score (nSPS) is 13.4. The van der Waals surface area contributed by atoms with Crippen LogP contribution in [0.4, 0.5) is 5.82 Å². The molecule has 0 radical (unpaired) electrons. The SMILES string of the molecule is Cc1cc(N[C@H](C)CCCC(C)(C)O)nc2cc(Cl)ccc12. The van der Waals surface area contributed by atoms with Crippen molar-refractivity contribution in [3.8, 4) is 0 Å². The van der Waals surface area contributed by atoms with Crippen molar-refractivity contribution in [3.05, 3.63) is 34.9 Å². The van der Waals surface area contributed by atoms with Gasteiger partial charge in [0, 0.05) is 16.5 Å². The van der Waals surface area contributed by atoms with Crippen LogP contribution in [0.25, 0.3) is 10.9 Å². The maximum absolute atomic E-state index is 9.76. The Morgan fingerprint density at radius 3 is 2.73 bits per heavy atom. The summed E-state index contributed by atoms with van der Waals surface area (Å²) < 4.78 is 0. The molecule has 0 saturated carbocycles. The van der Waals surface area contributed by atoms with E-state index in [1.807, 2.05) is 32.0 Å². The molecule has 0 aliphatic rings. The lowest BCUT2D eigenvalue weighted by Crippen LogP contribution is -2.21. The van der Waals surface area contributed by atoms with Crippen molar-refractivity contribution in [3.63, 3.8) is 0 Å². The van der Waals surface area contributed by atoms with Gasteiger partial charge in [0.15, 0.2) is 0 Å². The molecule has 2 N–H and O–H groups in total. The molecule has 1 aromatic carbocycles. The Hall–Kier alpha value is -1.32. The lowest BCUT2D eigenvalue weighted by Gasteiger charge is -2.19. The summed E-state index contributed by atoms with van der Waals surface area (Å²) in [5.74, 6) is 0.878. The van der Waals surface area contributed by atoms with Crippen molar-refractivity contribution in [1.29, 1.82) is 0 Å². The minimum Gasteiger partial charge on any atom is -0.390 e. The zero-order valence-electron chi connectivity index (χ0n) is 13.8. The van der Waals surface area contributed by atoms with Gasteiger partial charge in [-0.2, -0.15) is 0 Å². The Kier molecular flexibility index (Phi) is 5.30. The molecule has 0 saturated heterocycles. The fraction of sp³-hybridized carbons (Fsp3) is 0.500. The quantitative estimate of drug-likeness (QED) is 0.792. The van der Waals surface area contributed by atoms with E-state index >= 15 is 0 Å². The zero-order valence-corrected chi connectivity index (χ0v) is 14.5. The predicted molar refractivity (Wildman–Crippen MR) is 94.7 cm³/mol.